The standard InChI is InChI=1S/C68H94O8P4/c1-61(2,3)39-25-29-43(48(35-39)65(13,14)15)53-47(33-34-52(77(69)70)58(53)78(71)72)55-54(44-30-26-40(62(4,5)6)36-49(44)66(16,17)18)56(45-31-27-41(63(7,8)9)37-50(45)67(19,20)21)59(79(73)74)60(80(75)76)57(55)46-32-28-42(64(10,11)12)38-51(46)68(22,23)24/h25-38,69-76H,1-24H3. The Labute approximate surface area is 485 Å². The number of benzene rings is 6. The van der Waals surface area contributed by atoms with Crippen LogP contribution in [0.4, 0.5) is 0 Å². The molecule has 8 nitrogen and oxygen atoms in total. The minimum atomic E-state index is -3.20. The number of rotatable bonds is 9. The molecule has 0 aliphatic rings. The van der Waals surface area contributed by atoms with Crippen LogP contribution in [0, 0.1) is 0 Å². The first-order valence-corrected chi connectivity index (χ1v) is 32.8. The molecule has 0 saturated carbocycles. The van der Waals surface area contributed by atoms with E-state index in [1.54, 1.807) is 6.07 Å². The van der Waals surface area contributed by atoms with Gasteiger partial charge in [-0.1, -0.05) is 245 Å². The fraction of sp³-hybridized carbons (Fsp3) is 0.471. The van der Waals surface area contributed by atoms with Crippen LogP contribution in [0.2, 0.25) is 0 Å². The third kappa shape index (κ3) is 13.5. The number of hydrogen-bond acceptors (Lipinski definition) is 8. The van der Waals surface area contributed by atoms with Gasteiger partial charge in [0.25, 0.3) is 0 Å². The minimum Gasteiger partial charge on any atom is -0.347 e. The third-order valence-electron chi connectivity index (χ3n) is 15.5. The number of hydrogen-bond donors (Lipinski definition) is 8. The summed E-state index contributed by atoms with van der Waals surface area (Å²) in [5.74, 6) is 0. The van der Waals surface area contributed by atoms with E-state index in [-0.39, 0.29) is 42.9 Å². The van der Waals surface area contributed by atoms with Crippen LogP contribution in [0.1, 0.15) is 211 Å². The van der Waals surface area contributed by atoms with E-state index in [4.69, 9.17) is 0 Å². The van der Waals surface area contributed by atoms with E-state index in [2.05, 4.69) is 221 Å². The predicted octanol–water partition coefficient (Wildman–Crippen LogP) is 16.1. The van der Waals surface area contributed by atoms with Gasteiger partial charge >= 0.3 is 0 Å². The van der Waals surface area contributed by atoms with Crippen molar-refractivity contribution in [2.24, 2.45) is 0 Å². The highest BCUT2D eigenvalue weighted by Gasteiger charge is 2.41. The Kier molecular flexibility index (Phi) is 18.6. The molecular formula is C68H94O8P4. The fourth-order valence-corrected chi connectivity index (χ4v) is 14.8. The van der Waals surface area contributed by atoms with Gasteiger partial charge in [0.2, 0.25) is 25.1 Å². The average Bonchev–Trinajstić information content (AvgIpc) is 3.29. The second kappa shape index (κ2) is 22.6. The van der Waals surface area contributed by atoms with E-state index >= 15 is 0 Å². The monoisotopic (exact) mass is 1160 g/mol. The molecule has 0 saturated heterocycles. The summed E-state index contributed by atoms with van der Waals surface area (Å²) >= 11 is 0. The van der Waals surface area contributed by atoms with Crippen molar-refractivity contribution in [2.45, 2.75) is 209 Å². The molecular weight excluding hydrogens is 1070 g/mol. The van der Waals surface area contributed by atoms with E-state index in [1.165, 1.54) is 0 Å². The highest BCUT2D eigenvalue weighted by atomic mass is 31.2. The molecule has 0 fully saturated rings. The topological polar surface area (TPSA) is 162 Å². The Balaban J connectivity index is 2.26. The van der Waals surface area contributed by atoms with E-state index in [0.717, 1.165) is 50.1 Å². The van der Waals surface area contributed by atoms with E-state index in [9.17, 15) is 39.1 Å². The zero-order chi connectivity index (χ0) is 60.9. The van der Waals surface area contributed by atoms with Crippen molar-refractivity contribution < 1.29 is 39.1 Å². The Morgan fingerprint density at radius 3 is 0.675 bits per heavy atom. The van der Waals surface area contributed by atoms with Gasteiger partial charge in [-0.15, -0.1) is 0 Å². The molecule has 0 unspecified atom stereocenters. The highest BCUT2D eigenvalue weighted by Crippen LogP contribution is 2.57. The van der Waals surface area contributed by atoms with E-state index < -0.39 is 55.2 Å². The lowest BCUT2D eigenvalue weighted by Gasteiger charge is -2.36. The van der Waals surface area contributed by atoms with Gasteiger partial charge < -0.3 is 39.1 Å². The van der Waals surface area contributed by atoms with Crippen molar-refractivity contribution in [2.75, 3.05) is 0 Å². The van der Waals surface area contributed by atoms with Crippen LogP contribution in [0.3, 0.4) is 0 Å². The molecule has 0 heterocycles. The summed E-state index contributed by atoms with van der Waals surface area (Å²) < 4.78 is 0. The maximum absolute atomic E-state index is 12.6. The molecule has 6 rings (SSSR count). The van der Waals surface area contributed by atoms with Crippen LogP contribution in [0.5, 0.6) is 0 Å². The molecule has 8 N–H and O–H groups in total. The van der Waals surface area contributed by atoms with Crippen molar-refractivity contribution in [3.8, 4) is 55.6 Å². The second-order valence-electron chi connectivity index (χ2n) is 30.3. The molecule has 0 aliphatic heterocycles. The Hall–Kier alpha value is -3.28. The summed E-state index contributed by atoms with van der Waals surface area (Å²) in [5.41, 5.74) is 9.60. The smallest absolute Gasteiger partial charge is 0.201 e. The van der Waals surface area contributed by atoms with E-state index in [1.807, 2.05) is 24.3 Å². The van der Waals surface area contributed by atoms with Crippen molar-refractivity contribution in [3.63, 3.8) is 0 Å². The molecule has 12 heteroatoms. The fourth-order valence-electron chi connectivity index (χ4n) is 11.0. The Morgan fingerprint density at radius 2 is 0.450 bits per heavy atom. The van der Waals surface area contributed by atoms with E-state index in [0.29, 0.717) is 50.1 Å². The SMILES string of the molecule is CC(C)(C)c1ccc(-c2c(-c3ccc(P(O)O)c(P(O)O)c3-c3ccc(C(C)(C)C)cc3C(C)(C)C)c(-c3ccc(C(C)(C)C)cc3C(C)(C)C)c(P(O)O)c(P(O)O)c2-c2ccc(C(C)(C)C)cc2C(C)(C)C)c(C(C)(C)C)c1. The van der Waals surface area contributed by atoms with Crippen LogP contribution >= 0.6 is 33.5 Å². The molecule has 0 radical (unpaired) electrons. The lowest BCUT2D eigenvalue weighted by molar-refractivity contribution is 0.491. The van der Waals surface area contributed by atoms with Gasteiger partial charge in [-0.25, -0.2) is 0 Å². The Morgan fingerprint density at radius 1 is 0.225 bits per heavy atom. The van der Waals surface area contributed by atoms with Gasteiger partial charge in [-0.3, -0.25) is 0 Å². The quantitative estimate of drug-likeness (QED) is 0.0664. The summed E-state index contributed by atoms with van der Waals surface area (Å²) in [6, 6.07) is 28.7. The van der Waals surface area contributed by atoms with Gasteiger partial charge in [-0.05, 0) is 133 Å². The average molecular weight is 1160 g/mol. The maximum Gasteiger partial charge on any atom is 0.201 e. The third-order valence-corrected chi connectivity index (χ3v) is 19.3. The first-order chi connectivity index (χ1) is 36.1. The zero-order valence-corrected chi connectivity index (χ0v) is 56.0. The van der Waals surface area contributed by atoms with Crippen LogP contribution in [0.15, 0.2) is 84.9 Å². The molecule has 6 aromatic carbocycles. The lowest BCUT2D eigenvalue weighted by atomic mass is 9.70. The van der Waals surface area contributed by atoms with Gasteiger partial charge in [0.15, 0.2) is 8.38 Å². The summed E-state index contributed by atoms with van der Waals surface area (Å²) in [6.07, 6.45) is 0. The molecule has 0 spiro atoms. The predicted molar refractivity (Wildman–Crippen MR) is 347 cm³/mol. The van der Waals surface area contributed by atoms with Gasteiger partial charge in [-0.2, -0.15) is 0 Å². The molecule has 0 bridgehead atoms. The molecule has 0 amide bonds. The lowest BCUT2D eigenvalue weighted by Crippen LogP contribution is -2.31. The van der Waals surface area contributed by atoms with Gasteiger partial charge in [0, 0.05) is 22.0 Å². The van der Waals surface area contributed by atoms with Gasteiger partial charge in [0.05, 0.1) is 15.9 Å². The first-order valence-electron chi connectivity index (χ1n) is 27.9. The summed E-state index contributed by atoms with van der Waals surface area (Å²) in [6.45, 7) is 51.5. The summed E-state index contributed by atoms with van der Waals surface area (Å²) in [7, 11) is -12.4. The van der Waals surface area contributed by atoms with Gasteiger partial charge in [0.1, 0.15) is 0 Å². The summed E-state index contributed by atoms with van der Waals surface area (Å²) in [4.78, 5) is 97.6. The minimum absolute atomic E-state index is 0.00231. The van der Waals surface area contributed by atoms with Crippen LogP contribution in [-0.2, 0) is 43.3 Å². The molecule has 0 aliphatic carbocycles. The zero-order valence-electron chi connectivity index (χ0n) is 52.4. The Bertz CT molecular complexity index is 3290. The molecule has 80 heavy (non-hydrogen) atoms. The van der Waals surface area contributed by atoms with Crippen molar-refractivity contribution >= 4 is 54.7 Å². The maximum atomic E-state index is 12.6. The van der Waals surface area contributed by atoms with Crippen LogP contribution < -0.4 is 21.2 Å². The van der Waals surface area contributed by atoms with Crippen molar-refractivity contribution in [3.05, 3.63) is 129 Å². The van der Waals surface area contributed by atoms with Crippen LogP contribution in [0.25, 0.3) is 55.6 Å². The summed E-state index contributed by atoms with van der Waals surface area (Å²) in [5, 5.41) is -0.114. The van der Waals surface area contributed by atoms with Crippen molar-refractivity contribution in [1.29, 1.82) is 0 Å². The second-order valence-corrected chi connectivity index (χ2v) is 34.4. The largest absolute Gasteiger partial charge is 0.347 e. The molecule has 434 valence electrons. The first kappa shape index (κ1) is 65.9. The van der Waals surface area contributed by atoms with Crippen LogP contribution in [-0.4, -0.2) is 39.1 Å². The normalized spacial score (nSPS) is 13.7. The van der Waals surface area contributed by atoms with Crippen molar-refractivity contribution in [1.82, 2.24) is 0 Å². The molecule has 0 aromatic heterocycles. The molecule has 6 aromatic rings. The molecule has 0 atom stereocenters. The highest BCUT2D eigenvalue weighted by molar-refractivity contribution is 7.62.